The molecule has 136 valence electrons. The van der Waals surface area contributed by atoms with E-state index in [2.05, 4.69) is 20.7 Å². The number of thiophene rings is 1. The summed E-state index contributed by atoms with van der Waals surface area (Å²) in [6, 6.07) is 3.75. The third-order valence-electron chi connectivity index (χ3n) is 3.87. The topological polar surface area (TPSA) is 131 Å². The van der Waals surface area contributed by atoms with E-state index in [0.717, 1.165) is 11.3 Å². The van der Waals surface area contributed by atoms with Gasteiger partial charge in [-0.25, -0.2) is 8.42 Å². The van der Waals surface area contributed by atoms with Gasteiger partial charge in [-0.15, -0.1) is 16.4 Å². The Bertz CT molecular complexity index is 997. The van der Waals surface area contributed by atoms with E-state index in [1.165, 1.54) is 22.6 Å². The van der Waals surface area contributed by atoms with Gasteiger partial charge in [0.2, 0.25) is 11.7 Å². The zero-order chi connectivity index (χ0) is 18.1. The van der Waals surface area contributed by atoms with Crippen molar-refractivity contribution < 1.29 is 22.2 Å². The van der Waals surface area contributed by atoms with Crippen molar-refractivity contribution in [3.8, 4) is 11.7 Å². The Morgan fingerprint density at radius 3 is 2.96 bits per heavy atom. The van der Waals surface area contributed by atoms with Crippen LogP contribution >= 0.6 is 11.3 Å². The van der Waals surface area contributed by atoms with Crippen LogP contribution in [0.25, 0.3) is 11.7 Å². The van der Waals surface area contributed by atoms with E-state index in [-0.39, 0.29) is 28.4 Å². The fraction of sp³-hybridized carbons (Fsp3) is 0.286. The highest BCUT2D eigenvalue weighted by Crippen LogP contribution is 2.29. The number of nitrogens with zero attached hydrogens (tertiary/aromatic N) is 4. The summed E-state index contributed by atoms with van der Waals surface area (Å²) in [6.07, 6.45) is 2.43. The van der Waals surface area contributed by atoms with Crippen molar-refractivity contribution in [2.45, 2.75) is 23.1 Å². The minimum atomic E-state index is -3.71. The van der Waals surface area contributed by atoms with Crippen molar-refractivity contribution in [2.24, 2.45) is 0 Å². The Morgan fingerprint density at radius 2 is 2.23 bits per heavy atom. The van der Waals surface area contributed by atoms with Crippen LogP contribution in [0.2, 0.25) is 0 Å². The summed E-state index contributed by atoms with van der Waals surface area (Å²) >= 11 is 1.12. The molecule has 0 spiro atoms. The lowest BCUT2D eigenvalue weighted by molar-refractivity contribution is -0.119. The minimum Gasteiger partial charge on any atom is -0.400 e. The highest BCUT2D eigenvalue weighted by molar-refractivity contribution is 7.91. The van der Waals surface area contributed by atoms with Crippen LogP contribution in [0.5, 0.6) is 0 Å². The number of carbonyl (C=O) groups excluding carboxylic acids is 1. The van der Waals surface area contributed by atoms with Crippen LogP contribution in [0.15, 0.2) is 42.9 Å². The van der Waals surface area contributed by atoms with Crippen LogP contribution in [0.3, 0.4) is 0 Å². The quantitative estimate of drug-likeness (QED) is 0.689. The molecule has 1 saturated heterocycles. The average molecular weight is 395 g/mol. The number of aromatic nitrogens is 3. The minimum absolute atomic E-state index is 0.0623. The molecule has 0 bridgehead atoms. The fourth-order valence-electron chi connectivity index (χ4n) is 2.70. The van der Waals surface area contributed by atoms with Gasteiger partial charge in [0.15, 0.2) is 0 Å². The average Bonchev–Trinajstić information content (AvgIpc) is 3.42. The summed E-state index contributed by atoms with van der Waals surface area (Å²) in [6.45, 7) is 0.283. The first kappa shape index (κ1) is 16.9. The normalized spacial score (nSPS) is 18.2. The van der Waals surface area contributed by atoms with Gasteiger partial charge in [0.25, 0.3) is 15.9 Å². The largest absolute Gasteiger partial charge is 0.400 e. The predicted molar refractivity (Wildman–Crippen MR) is 89.7 cm³/mol. The van der Waals surface area contributed by atoms with E-state index >= 15 is 0 Å². The maximum atomic E-state index is 12.7. The van der Waals surface area contributed by atoms with Gasteiger partial charge >= 0.3 is 6.01 Å². The molecule has 4 heterocycles. The van der Waals surface area contributed by atoms with Gasteiger partial charge in [0.1, 0.15) is 10.3 Å². The van der Waals surface area contributed by atoms with Crippen molar-refractivity contribution in [1.82, 2.24) is 19.7 Å². The van der Waals surface area contributed by atoms with Gasteiger partial charge in [-0.3, -0.25) is 10.1 Å². The number of nitrogens with one attached hydrogen (secondary N) is 1. The molecule has 1 aliphatic heterocycles. The molecule has 1 atom stereocenters. The second-order valence-corrected chi connectivity index (χ2v) is 8.55. The van der Waals surface area contributed by atoms with Crippen molar-refractivity contribution in [1.29, 1.82) is 0 Å². The lowest BCUT2D eigenvalue weighted by Crippen LogP contribution is -2.42. The van der Waals surface area contributed by atoms with Crippen molar-refractivity contribution in [3.05, 3.63) is 29.8 Å². The second kappa shape index (κ2) is 6.63. The predicted octanol–water partition coefficient (Wildman–Crippen LogP) is 1.58. The third kappa shape index (κ3) is 3.02. The SMILES string of the molecule is O=C(Nc1nnc(-c2ccno2)o1)C1CCCN1S(=O)(=O)c1cccs1. The smallest absolute Gasteiger partial charge is 0.322 e. The molecule has 1 amide bonds. The van der Waals surface area contributed by atoms with Crippen LogP contribution < -0.4 is 5.32 Å². The molecule has 26 heavy (non-hydrogen) atoms. The van der Waals surface area contributed by atoms with E-state index in [1.54, 1.807) is 11.4 Å². The second-order valence-electron chi connectivity index (χ2n) is 5.48. The van der Waals surface area contributed by atoms with Crippen LogP contribution in [0.4, 0.5) is 6.01 Å². The van der Waals surface area contributed by atoms with Crippen LogP contribution in [-0.4, -0.2) is 46.6 Å². The van der Waals surface area contributed by atoms with Gasteiger partial charge in [-0.1, -0.05) is 16.3 Å². The van der Waals surface area contributed by atoms with Gasteiger partial charge < -0.3 is 8.94 Å². The lowest BCUT2D eigenvalue weighted by Gasteiger charge is -2.21. The van der Waals surface area contributed by atoms with Gasteiger partial charge in [0.05, 0.1) is 6.20 Å². The molecule has 1 fully saturated rings. The van der Waals surface area contributed by atoms with Crippen molar-refractivity contribution >= 4 is 33.3 Å². The maximum Gasteiger partial charge on any atom is 0.322 e. The molecular weight excluding hydrogens is 382 g/mol. The highest BCUT2D eigenvalue weighted by Gasteiger charge is 2.40. The van der Waals surface area contributed by atoms with Gasteiger partial charge in [0, 0.05) is 12.6 Å². The number of rotatable bonds is 5. The van der Waals surface area contributed by atoms with E-state index < -0.39 is 22.0 Å². The Balaban J connectivity index is 1.51. The Morgan fingerprint density at radius 1 is 1.35 bits per heavy atom. The number of amides is 1. The molecule has 0 aromatic carbocycles. The molecule has 3 aromatic rings. The number of carbonyl (C=O) groups is 1. The van der Waals surface area contributed by atoms with Gasteiger partial charge in [-0.2, -0.15) is 4.31 Å². The van der Waals surface area contributed by atoms with Crippen molar-refractivity contribution in [2.75, 3.05) is 11.9 Å². The molecular formula is C14H13N5O5S2. The number of hydrogen-bond donors (Lipinski definition) is 1. The molecule has 0 radical (unpaired) electrons. The number of anilines is 1. The zero-order valence-electron chi connectivity index (χ0n) is 13.2. The highest BCUT2D eigenvalue weighted by atomic mass is 32.2. The summed E-state index contributed by atoms with van der Waals surface area (Å²) in [5, 5.41) is 15.2. The molecule has 1 N–H and O–H groups in total. The Kier molecular flexibility index (Phi) is 4.30. The molecule has 12 heteroatoms. The molecule has 1 unspecified atom stereocenters. The van der Waals surface area contributed by atoms with Gasteiger partial charge in [-0.05, 0) is 24.3 Å². The third-order valence-corrected chi connectivity index (χ3v) is 7.15. The summed E-state index contributed by atoms with van der Waals surface area (Å²) in [5.41, 5.74) is 0. The summed E-state index contributed by atoms with van der Waals surface area (Å²) in [4.78, 5) is 12.6. The lowest BCUT2D eigenvalue weighted by atomic mass is 10.2. The summed E-state index contributed by atoms with van der Waals surface area (Å²) < 4.78 is 37.0. The molecule has 0 saturated carbocycles. The number of sulfonamides is 1. The molecule has 0 aliphatic carbocycles. The van der Waals surface area contributed by atoms with E-state index in [1.807, 2.05) is 0 Å². The maximum absolute atomic E-state index is 12.7. The van der Waals surface area contributed by atoms with Crippen LogP contribution in [0, 0.1) is 0 Å². The summed E-state index contributed by atoms with van der Waals surface area (Å²) in [5.74, 6) is -0.191. The van der Waals surface area contributed by atoms with E-state index in [0.29, 0.717) is 12.8 Å². The van der Waals surface area contributed by atoms with E-state index in [9.17, 15) is 13.2 Å². The number of hydrogen-bond acceptors (Lipinski definition) is 9. The Hall–Kier alpha value is -2.57. The van der Waals surface area contributed by atoms with Crippen LogP contribution in [-0.2, 0) is 14.8 Å². The van der Waals surface area contributed by atoms with Crippen LogP contribution in [0.1, 0.15) is 12.8 Å². The monoisotopic (exact) mass is 395 g/mol. The molecule has 4 rings (SSSR count). The molecule has 3 aromatic heterocycles. The molecule has 1 aliphatic rings. The first-order chi connectivity index (χ1) is 12.6. The first-order valence-electron chi connectivity index (χ1n) is 7.66. The fourth-order valence-corrected chi connectivity index (χ4v) is 5.48. The zero-order valence-corrected chi connectivity index (χ0v) is 14.9. The standard InChI is InChI=1S/C14H13N5O5S2/c20-12(16-14-18-17-13(23-14)10-5-6-15-24-10)9-3-1-7-19(9)26(21,22)11-4-2-8-25-11/h2,4-6,8-9H,1,3,7H2,(H,16,18,20). The van der Waals surface area contributed by atoms with Crippen molar-refractivity contribution in [3.63, 3.8) is 0 Å². The molecule has 10 nitrogen and oxygen atoms in total. The van der Waals surface area contributed by atoms with E-state index in [4.69, 9.17) is 8.94 Å². The Labute approximate surface area is 151 Å². The first-order valence-corrected chi connectivity index (χ1v) is 9.98. The summed E-state index contributed by atoms with van der Waals surface area (Å²) in [7, 11) is -3.71.